The molecule has 1 saturated carbocycles. The van der Waals surface area contributed by atoms with Crippen molar-refractivity contribution in [1.82, 2.24) is 19.7 Å². The van der Waals surface area contributed by atoms with E-state index in [1.165, 1.54) is 19.3 Å². The molecule has 2 aromatic heterocycles. The van der Waals surface area contributed by atoms with Crippen molar-refractivity contribution in [3.8, 4) is 0 Å². The van der Waals surface area contributed by atoms with E-state index in [4.69, 9.17) is 5.73 Å². The number of nitrogens with two attached hydrogens (primary N) is 1. The predicted octanol–water partition coefficient (Wildman–Crippen LogP) is 1.13. The van der Waals surface area contributed by atoms with Gasteiger partial charge in [0, 0.05) is 18.9 Å². The van der Waals surface area contributed by atoms with Gasteiger partial charge in [0.15, 0.2) is 0 Å². The van der Waals surface area contributed by atoms with Crippen molar-refractivity contribution in [2.24, 2.45) is 5.41 Å². The van der Waals surface area contributed by atoms with E-state index < -0.39 is 0 Å². The third kappa shape index (κ3) is 1.29. The van der Waals surface area contributed by atoms with E-state index in [-0.39, 0.29) is 0 Å². The summed E-state index contributed by atoms with van der Waals surface area (Å²) in [5.74, 6) is 1.61. The molecule has 5 heteroatoms. The molecule has 5 nitrogen and oxygen atoms in total. The number of nitrogens with zero attached hydrogens (tertiary/aromatic N) is 3. The van der Waals surface area contributed by atoms with Crippen LogP contribution in [0.3, 0.4) is 0 Å². The van der Waals surface area contributed by atoms with Gasteiger partial charge >= 0.3 is 0 Å². The zero-order valence-electron chi connectivity index (χ0n) is 9.56. The molecular formula is C12H15N5. The fourth-order valence-corrected chi connectivity index (χ4v) is 2.88. The minimum absolute atomic E-state index is 0.363. The van der Waals surface area contributed by atoms with Gasteiger partial charge in [0.2, 0.25) is 0 Å². The summed E-state index contributed by atoms with van der Waals surface area (Å²) in [5, 5.41) is 3.58. The van der Waals surface area contributed by atoms with Gasteiger partial charge in [-0.05, 0) is 24.7 Å². The Labute approximate surface area is 99.1 Å². The Bertz CT molecular complexity index is 584. The average Bonchev–Trinajstić information content (AvgIpc) is 2.74. The van der Waals surface area contributed by atoms with Gasteiger partial charge < -0.3 is 11.1 Å². The van der Waals surface area contributed by atoms with E-state index in [1.54, 1.807) is 6.20 Å². The number of nitrogen functional groups attached to an aromatic ring is 1. The van der Waals surface area contributed by atoms with Crippen LogP contribution in [-0.4, -0.2) is 20.9 Å². The molecule has 1 aliphatic heterocycles. The molecule has 0 unspecified atom stereocenters. The van der Waals surface area contributed by atoms with Crippen LogP contribution in [0.5, 0.6) is 0 Å². The monoisotopic (exact) mass is 229 g/mol. The summed E-state index contributed by atoms with van der Waals surface area (Å²) in [4.78, 5) is 8.60. The summed E-state index contributed by atoms with van der Waals surface area (Å²) >= 11 is 0. The zero-order valence-corrected chi connectivity index (χ0v) is 9.56. The number of nitrogens with one attached hydrogen (secondary N) is 1. The highest BCUT2D eigenvalue weighted by Gasteiger charge is 2.49. The second-order valence-electron chi connectivity index (χ2n) is 5.32. The first-order valence-corrected chi connectivity index (χ1v) is 6.08. The van der Waals surface area contributed by atoms with Crippen LogP contribution < -0.4 is 11.1 Å². The highest BCUT2D eigenvalue weighted by Crippen LogP contribution is 2.54. The molecule has 1 saturated heterocycles. The van der Waals surface area contributed by atoms with Crippen molar-refractivity contribution in [2.75, 3.05) is 12.3 Å². The maximum atomic E-state index is 5.84. The van der Waals surface area contributed by atoms with Gasteiger partial charge in [0.05, 0.1) is 12.2 Å². The number of aromatic nitrogens is 3. The van der Waals surface area contributed by atoms with Crippen LogP contribution in [0.2, 0.25) is 0 Å². The topological polar surface area (TPSA) is 68.2 Å². The van der Waals surface area contributed by atoms with Crippen molar-refractivity contribution >= 4 is 11.3 Å². The number of imidazole rings is 1. The Balaban J connectivity index is 1.78. The minimum Gasteiger partial charge on any atom is -0.382 e. The minimum atomic E-state index is 0.363. The second-order valence-corrected chi connectivity index (χ2v) is 5.32. The van der Waals surface area contributed by atoms with Gasteiger partial charge in [-0.1, -0.05) is 0 Å². The van der Waals surface area contributed by atoms with Crippen LogP contribution in [0.1, 0.15) is 31.1 Å². The van der Waals surface area contributed by atoms with E-state index in [0.29, 0.717) is 17.3 Å². The molecule has 2 fully saturated rings. The molecule has 2 aromatic rings. The zero-order chi connectivity index (χ0) is 11.5. The molecular weight excluding hydrogens is 214 g/mol. The summed E-state index contributed by atoms with van der Waals surface area (Å²) in [6.45, 7) is 1.13. The van der Waals surface area contributed by atoms with E-state index in [0.717, 1.165) is 17.9 Å². The smallest absolute Gasteiger partial charge is 0.149 e. The fraction of sp³-hybridized carbons (Fsp3) is 0.500. The number of hydrogen-bond acceptors (Lipinski definition) is 4. The van der Waals surface area contributed by atoms with Crippen molar-refractivity contribution < 1.29 is 0 Å². The molecule has 88 valence electrons. The highest BCUT2D eigenvalue weighted by molar-refractivity contribution is 5.64. The lowest BCUT2D eigenvalue weighted by Gasteiger charge is -2.09. The highest BCUT2D eigenvalue weighted by atomic mass is 15.1. The third-order valence-electron chi connectivity index (χ3n) is 4.15. The van der Waals surface area contributed by atoms with Crippen molar-refractivity contribution in [3.05, 3.63) is 24.4 Å². The van der Waals surface area contributed by atoms with E-state index >= 15 is 0 Å². The molecule has 1 atom stereocenters. The van der Waals surface area contributed by atoms with Gasteiger partial charge in [-0.2, -0.15) is 0 Å². The van der Waals surface area contributed by atoms with Gasteiger partial charge in [0.25, 0.3) is 0 Å². The molecule has 0 amide bonds. The molecule has 1 aliphatic carbocycles. The Morgan fingerprint density at radius 3 is 3.06 bits per heavy atom. The average molecular weight is 229 g/mol. The van der Waals surface area contributed by atoms with Crippen molar-refractivity contribution in [1.29, 1.82) is 0 Å². The summed E-state index contributed by atoms with van der Waals surface area (Å²) in [6.07, 6.45) is 9.42. The number of fused-ring (bicyclic) bond motifs is 1. The standard InChI is InChI=1S/C12H15N5/c13-10-9-6-15-11(17(9)4-3-14-10)8-5-12(1-2-12)7-16-8/h3-4,6,8,16H,1-2,5,7H2,(H2,13,14)/t8-/m0/s1. The molecule has 2 aliphatic rings. The SMILES string of the molecule is Nc1nccn2c([C@@H]3CC4(CC4)CN3)ncc12. The van der Waals surface area contributed by atoms with Crippen LogP contribution in [0.15, 0.2) is 18.6 Å². The Morgan fingerprint density at radius 2 is 2.29 bits per heavy atom. The summed E-state index contributed by atoms with van der Waals surface area (Å²) in [7, 11) is 0. The van der Waals surface area contributed by atoms with Crippen molar-refractivity contribution in [3.63, 3.8) is 0 Å². The van der Waals surface area contributed by atoms with Crippen LogP contribution in [-0.2, 0) is 0 Å². The lowest BCUT2D eigenvalue weighted by molar-refractivity contribution is 0.539. The Kier molecular flexibility index (Phi) is 1.65. The molecule has 0 radical (unpaired) electrons. The summed E-state index contributed by atoms with van der Waals surface area (Å²) in [6, 6.07) is 0.363. The molecule has 17 heavy (non-hydrogen) atoms. The number of hydrogen-bond donors (Lipinski definition) is 2. The quantitative estimate of drug-likeness (QED) is 0.769. The van der Waals surface area contributed by atoms with Gasteiger partial charge in [-0.25, -0.2) is 9.97 Å². The first-order valence-electron chi connectivity index (χ1n) is 6.08. The number of rotatable bonds is 1. The summed E-state index contributed by atoms with van der Waals surface area (Å²) < 4.78 is 2.06. The Morgan fingerprint density at radius 1 is 1.41 bits per heavy atom. The maximum absolute atomic E-state index is 5.84. The molecule has 1 spiro atoms. The lowest BCUT2D eigenvalue weighted by Crippen LogP contribution is -2.16. The predicted molar refractivity (Wildman–Crippen MR) is 64.4 cm³/mol. The summed E-state index contributed by atoms with van der Waals surface area (Å²) in [5.41, 5.74) is 7.32. The number of anilines is 1. The molecule has 4 rings (SSSR count). The maximum Gasteiger partial charge on any atom is 0.149 e. The van der Waals surface area contributed by atoms with Crippen LogP contribution in [0, 0.1) is 5.41 Å². The largest absolute Gasteiger partial charge is 0.382 e. The molecule has 3 N–H and O–H groups in total. The van der Waals surface area contributed by atoms with Crippen LogP contribution in [0.4, 0.5) is 5.82 Å². The van der Waals surface area contributed by atoms with E-state index in [2.05, 4.69) is 19.7 Å². The van der Waals surface area contributed by atoms with E-state index in [1.807, 2.05) is 12.4 Å². The van der Waals surface area contributed by atoms with E-state index in [9.17, 15) is 0 Å². The third-order valence-corrected chi connectivity index (χ3v) is 4.15. The fourth-order valence-electron chi connectivity index (χ4n) is 2.88. The first kappa shape index (κ1) is 9.41. The van der Waals surface area contributed by atoms with Crippen LogP contribution >= 0.6 is 0 Å². The Hall–Kier alpha value is -1.62. The first-order chi connectivity index (χ1) is 8.27. The van der Waals surface area contributed by atoms with Crippen LogP contribution in [0.25, 0.3) is 5.52 Å². The van der Waals surface area contributed by atoms with Gasteiger partial charge in [-0.15, -0.1) is 0 Å². The normalized spacial score (nSPS) is 25.8. The lowest BCUT2D eigenvalue weighted by atomic mass is 10.0. The molecule has 0 bridgehead atoms. The van der Waals surface area contributed by atoms with Crippen molar-refractivity contribution in [2.45, 2.75) is 25.3 Å². The molecule has 3 heterocycles. The van der Waals surface area contributed by atoms with Gasteiger partial charge in [0.1, 0.15) is 17.2 Å². The van der Waals surface area contributed by atoms with Gasteiger partial charge in [-0.3, -0.25) is 4.40 Å². The second kappa shape index (κ2) is 2.98. The molecule has 0 aromatic carbocycles.